The average molecular weight is 259 g/mol. The molecule has 0 bridgehead atoms. The lowest BCUT2D eigenvalue weighted by atomic mass is 10.1. The standard InChI is InChI=1S/C13H25NS2/c1-6-7-14-13(9(2)3)12-8-15-10(4)11(5)16-12/h10-14H,2,6-8H2,1,3-5H3. The molecule has 0 aromatic rings. The molecule has 16 heavy (non-hydrogen) atoms. The third-order valence-electron chi connectivity index (χ3n) is 3.09. The monoisotopic (exact) mass is 259 g/mol. The van der Waals surface area contributed by atoms with Crippen LogP contribution in [0, 0.1) is 0 Å². The van der Waals surface area contributed by atoms with Crippen LogP contribution in [0.15, 0.2) is 12.2 Å². The molecule has 0 aromatic heterocycles. The van der Waals surface area contributed by atoms with Gasteiger partial charge in [0.1, 0.15) is 0 Å². The van der Waals surface area contributed by atoms with E-state index in [9.17, 15) is 0 Å². The van der Waals surface area contributed by atoms with E-state index < -0.39 is 0 Å². The van der Waals surface area contributed by atoms with Gasteiger partial charge in [-0.1, -0.05) is 32.9 Å². The maximum absolute atomic E-state index is 4.14. The molecule has 0 aliphatic carbocycles. The fraction of sp³-hybridized carbons (Fsp3) is 0.846. The minimum Gasteiger partial charge on any atom is -0.309 e. The van der Waals surface area contributed by atoms with Crippen molar-refractivity contribution in [3.8, 4) is 0 Å². The second-order valence-electron chi connectivity index (χ2n) is 4.70. The van der Waals surface area contributed by atoms with Gasteiger partial charge in [0.15, 0.2) is 0 Å². The van der Waals surface area contributed by atoms with Gasteiger partial charge in [0, 0.05) is 27.5 Å². The van der Waals surface area contributed by atoms with Crippen molar-refractivity contribution in [3.05, 3.63) is 12.2 Å². The molecule has 4 unspecified atom stereocenters. The Balaban J connectivity index is 2.54. The molecule has 1 fully saturated rings. The van der Waals surface area contributed by atoms with Crippen LogP contribution >= 0.6 is 23.5 Å². The van der Waals surface area contributed by atoms with E-state index in [0.717, 1.165) is 17.0 Å². The number of rotatable bonds is 5. The molecule has 0 saturated carbocycles. The Labute approximate surface area is 109 Å². The van der Waals surface area contributed by atoms with Crippen molar-refractivity contribution in [2.24, 2.45) is 0 Å². The number of hydrogen-bond acceptors (Lipinski definition) is 3. The predicted octanol–water partition coefficient (Wildman–Crippen LogP) is 3.56. The number of nitrogens with one attached hydrogen (secondary N) is 1. The molecule has 94 valence electrons. The summed E-state index contributed by atoms with van der Waals surface area (Å²) in [6.45, 7) is 14.3. The highest BCUT2D eigenvalue weighted by atomic mass is 32.2. The van der Waals surface area contributed by atoms with Gasteiger partial charge in [-0.2, -0.15) is 23.5 Å². The normalized spacial score (nSPS) is 32.4. The minimum absolute atomic E-state index is 0.493. The van der Waals surface area contributed by atoms with Gasteiger partial charge in [-0.15, -0.1) is 0 Å². The summed E-state index contributed by atoms with van der Waals surface area (Å²) in [7, 11) is 0. The molecule has 1 aliphatic rings. The fourth-order valence-electron chi connectivity index (χ4n) is 1.91. The lowest BCUT2D eigenvalue weighted by Gasteiger charge is -2.36. The molecular formula is C13H25NS2. The summed E-state index contributed by atoms with van der Waals surface area (Å²) >= 11 is 4.25. The van der Waals surface area contributed by atoms with Crippen LogP contribution in [0.25, 0.3) is 0 Å². The van der Waals surface area contributed by atoms with E-state index >= 15 is 0 Å². The zero-order chi connectivity index (χ0) is 12.1. The van der Waals surface area contributed by atoms with Crippen molar-refractivity contribution < 1.29 is 0 Å². The van der Waals surface area contributed by atoms with Crippen molar-refractivity contribution in [1.82, 2.24) is 5.32 Å². The van der Waals surface area contributed by atoms with Crippen LogP contribution in [0.2, 0.25) is 0 Å². The van der Waals surface area contributed by atoms with Crippen LogP contribution in [0.4, 0.5) is 0 Å². The summed E-state index contributed by atoms with van der Waals surface area (Å²) < 4.78 is 0. The molecule has 1 heterocycles. The van der Waals surface area contributed by atoms with E-state index in [0.29, 0.717) is 11.3 Å². The van der Waals surface area contributed by atoms with Crippen molar-refractivity contribution in [2.45, 2.75) is 55.9 Å². The summed E-state index contributed by atoms with van der Waals surface area (Å²) in [5, 5.41) is 5.88. The quantitative estimate of drug-likeness (QED) is 0.758. The van der Waals surface area contributed by atoms with E-state index in [2.05, 4.69) is 63.1 Å². The van der Waals surface area contributed by atoms with Gasteiger partial charge in [0.25, 0.3) is 0 Å². The molecule has 0 amide bonds. The largest absolute Gasteiger partial charge is 0.309 e. The van der Waals surface area contributed by atoms with Crippen LogP contribution < -0.4 is 5.32 Å². The second-order valence-corrected chi connectivity index (χ2v) is 7.73. The predicted molar refractivity (Wildman–Crippen MR) is 79.7 cm³/mol. The Morgan fingerprint density at radius 3 is 2.62 bits per heavy atom. The Morgan fingerprint density at radius 1 is 1.44 bits per heavy atom. The fourth-order valence-corrected chi connectivity index (χ4v) is 5.10. The Morgan fingerprint density at radius 2 is 2.12 bits per heavy atom. The van der Waals surface area contributed by atoms with Crippen molar-refractivity contribution >= 4 is 23.5 Å². The van der Waals surface area contributed by atoms with Crippen LogP contribution in [0.1, 0.15) is 34.1 Å². The molecule has 1 N–H and O–H groups in total. The molecule has 1 aliphatic heterocycles. The first-order valence-electron chi connectivity index (χ1n) is 6.22. The second kappa shape index (κ2) is 6.97. The zero-order valence-electron chi connectivity index (χ0n) is 11.0. The molecular weight excluding hydrogens is 234 g/mol. The minimum atomic E-state index is 0.493. The van der Waals surface area contributed by atoms with Crippen LogP contribution in [-0.4, -0.2) is 34.1 Å². The molecule has 1 saturated heterocycles. The lowest BCUT2D eigenvalue weighted by molar-refractivity contribution is 0.561. The highest BCUT2D eigenvalue weighted by Gasteiger charge is 2.31. The van der Waals surface area contributed by atoms with Crippen molar-refractivity contribution in [2.75, 3.05) is 12.3 Å². The first-order valence-corrected chi connectivity index (χ1v) is 8.21. The van der Waals surface area contributed by atoms with E-state index in [1.54, 1.807) is 0 Å². The van der Waals surface area contributed by atoms with Crippen molar-refractivity contribution in [3.63, 3.8) is 0 Å². The summed E-state index contributed by atoms with van der Waals surface area (Å²) in [4.78, 5) is 0. The molecule has 1 rings (SSSR count). The summed E-state index contributed by atoms with van der Waals surface area (Å²) in [6.07, 6.45) is 1.19. The molecule has 0 radical (unpaired) electrons. The van der Waals surface area contributed by atoms with Crippen LogP contribution in [0.3, 0.4) is 0 Å². The summed E-state index contributed by atoms with van der Waals surface area (Å²) in [5.74, 6) is 1.25. The molecule has 0 aromatic carbocycles. The van der Waals surface area contributed by atoms with Gasteiger partial charge >= 0.3 is 0 Å². The lowest BCUT2D eigenvalue weighted by Crippen LogP contribution is -2.44. The van der Waals surface area contributed by atoms with Gasteiger partial charge in [0.2, 0.25) is 0 Å². The molecule has 1 nitrogen and oxygen atoms in total. The van der Waals surface area contributed by atoms with Gasteiger partial charge < -0.3 is 5.32 Å². The Kier molecular flexibility index (Phi) is 6.30. The van der Waals surface area contributed by atoms with E-state index in [4.69, 9.17) is 0 Å². The topological polar surface area (TPSA) is 12.0 Å². The van der Waals surface area contributed by atoms with E-state index in [1.165, 1.54) is 17.7 Å². The van der Waals surface area contributed by atoms with Crippen LogP contribution in [-0.2, 0) is 0 Å². The summed E-state index contributed by atoms with van der Waals surface area (Å²) in [6, 6.07) is 0.493. The van der Waals surface area contributed by atoms with Gasteiger partial charge in [-0.3, -0.25) is 0 Å². The highest BCUT2D eigenvalue weighted by molar-refractivity contribution is 8.07. The third-order valence-corrected chi connectivity index (χ3v) is 6.59. The molecule has 4 atom stereocenters. The zero-order valence-corrected chi connectivity index (χ0v) is 12.6. The molecule has 3 heteroatoms. The maximum Gasteiger partial charge on any atom is 0.0402 e. The first kappa shape index (κ1) is 14.5. The molecule has 0 spiro atoms. The SMILES string of the molecule is C=C(C)C(NCCC)C1CSC(C)C(C)S1. The number of thioether (sulfide) groups is 2. The van der Waals surface area contributed by atoms with Gasteiger partial charge in [0.05, 0.1) is 0 Å². The Bertz CT molecular complexity index is 230. The smallest absolute Gasteiger partial charge is 0.0402 e. The third kappa shape index (κ3) is 4.01. The van der Waals surface area contributed by atoms with E-state index in [-0.39, 0.29) is 0 Å². The summed E-state index contributed by atoms with van der Waals surface area (Å²) in [5.41, 5.74) is 1.29. The number of hydrogen-bond donors (Lipinski definition) is 1. The highest BCUT2D eigenvalue weighted by Crippen LogP contribution is 2.38. The van der Waals surface area contributed by atoms with Gasteiger partial charge in [-0.25, -0.2) is 0 Å². The van der Waals surface area contributed by atoms with Crippen molar-refractivity contribution in [1.29, 1.82) is 0 Å². The van der Waals surface area contributed by atoms with E-state index in [1.807, 2.05) is 0 Å². The first-order chi connectivity index (χ1) is 7.56. The van der Waals surface area contributed by atoms with Crippen LogP contribution in [0.5, 0.6) is 0 Å². The average Bonchev–Trinajstić information content (AvgIpc) is 2.23. The maximum atomic E-state index is 4.14. The Hall–Kier alpha value is 0.400. The van der Waals surface area contributed by atoms with Gasteiger partial charge in [-0.05, 0) is 19.9 Å².